The van der Waals surface area contributed by atoms with Gasteiger partial charge in [0.1, 0.15) is 0 Å². The third-order valence-electron chi connectivity index (χ3n) is 3.69. The fraction of sp³-hybridized carbons (Fsp3) is 0.158. The van der Waals surface area contributed by atoms with Gasteiger partial charge in [-0.25, -0.2) is 4.79 Å². The first-order chi connectivity index (χ1) is 13.4. The summed E-state index contributed by atoms with van der Waals surface area (Å²) in [4.78, 5) is 24.0. The summed E-state index contributed by atoms with van der Waals surface area (Å²) in [5, 5.41) is 13.5. The number of nitrogens with one attached hydrogen (secondary N) is 2. The van der Waals surface area contributed by atoms with Gasteiger partial charge in [-0.05, 0) is 43.7 Å². The van der Waals surface area contributed by atoms with Gasteiger partial charge >= 0.3 is 6.03 Å². The van der Waals surface area contributed by atoms with Gasteiger partial charge < -0.3 is 9.73 Å². The van der Waals surface area contributed by atoms with Crippen molar-refractivity contribution in [3.05, 3.63) is 58.6 Å². The molecular weight excluding hydrogens is 400 g/mol. The van der Waals surface area contributed by atoms with Crippen molar-refractivity contribution >= 4 is 41.0 Å². The van der Waals surface area contributed by atoms with Crippen LogP contribution >= 0.6 is 23.4 Å². The molecule has 9 heteroatoms. The number of carbonyl (C=O) groups is 2. The van der Waals surface area contributed by atoms with E-state index in [9.17, 15) is 9.59 Å². The number of nitrogens with zero attached hydrogens (tertiary/aromatic N) is 2. The number of hydrogen-bond donors (Lipinski definition) is 2. The Balaban J connectivity index is 1.51. The van der Waals surface area contributed by atoms with E-state index in [2.05, 4.69) is 20.8 Å². The predicted molar refractivity (Wildman–Crippen MR) is 109 cm³/mol. The highest BCUT2D eigenvalue weighted by Gasteiger charge is 2.14. The lowest BCUT2D eigenvalue weighted by Crippen LogP contribution is -2.35. The number of aromatic nitrogens is 2. The average Bonchev–Trinajstić information content (AvgIpc) is 3.11. The maximum atomic E-state index is 12.0. The number of rotatable bonds is 5. The molecule has 0 spiro atoms. The van der Waals surface area contributed by atoms with E-state index in [4.69, 9.17) is 16.0 Å². The minimum Gasteiger partial charge on any atom is -0.411 e. The smallest absolute Gasteiger partial charge is 0.325 e. The molecule has 0 aliphatic rings. The Labute approximate surface area is 170 Å². The van der Waals surface area contributed by atoms with Crippen LogP contribution in [0.2, 0.25) is 5.02 Å². The fourth-order valence-corrected chi connectivity index (χ4v) is 3.16. The molecule has 0 unspecified atom stereocenters. The van der Waals surface area contributed by atoms with Crippen molar-refractivity contribution in [1.82, 2.24) is 15.5 Å². The van der Waals surface area contributed by atoms with Gasteiger partial charge in [0.15, 0.2) is 0 Å². The van der Waals surface area contributed by atoms with E-state index in [0.717, 1.165) is 22.9 Å². The third-order valence-corrected chi connectivity index (χ3v) is 4.74. The number of aryl methyl sites for hydroxylation is 2. The molecule has 0 radical (unpaired) electrons. The first-order valence-electron chi connectivity index (χ1n) is 8.31. The third kappa shape index (κ3) is 5.34. The maximum Gasteiger partial charge on any atom is 0.325 e. The van der Waals surface area contributed by atoms with Gasteiger partial charge in [0.2, 0.25) is 11.8 Å². The first kappa shape index (κ1) is 19.9. The molecule has 2 N–H and O–H groups in total. The zero-order valence-electron chi connectivity index (χ0n) is 15.2. The van der Waals surface area contributed by atoms with Crippen molar-refractivity contribution in [2.75, 3.05) is 11.1 Å². The maximum absolute atomic E-state index is 12.0. The number of thioether (sulfide) groups is 1. The van der Waals surface area contributed by atoms with Crippen LogP contribution < -0.4 is 10.6 Å². The Morgan fingerprint density at radius 1 is 1.14 bits per heavy atom. The van der Waals surface area contributed by atoms with Crippen molar-refractivity contribution in [1.29, 1.82) is 0 Å². The summed E-state index contributed by atoms with van der Waals surface area (Å²) in [5.41, 5.74) is 3.33. The zero-order valence-corrected chi connectivity index (χ0v) is 16.7. The number of urea groups is 1. The van der Waals surface area contributed by atoms with Crippen molar-refractivity contribution in [2.45, 2.75) is 19.1 Å². The van der Waals surface area contributed by atoms with Crippen LogP contribution in [0.4, 0.5) is 10.5 Å². The summed E-state index contributed by atoms with van der Waals surface area (Å²) in [6, 6.07) is 12.0. The van der Waals surface area contributed by atoms with E-state index < -0.39 is 11.9 Å². The minimum atomic E-state index is -0.595. The van der Waals surface area contributed by atoms with Gasteiger partial charge in [0, 0.05) is 16.3 Å². The van der Waals surface area contributed by atoms with Crippen LogP contribution in [0.5, 0.6) is 0 Å². The van der Waals surface area contributed by atoms with Crippen LogP contribution in [-0.4, -0.2) is 27.9 Å². The molecule has 28 heavy (non-hydrogen) atoms. The summed E-state index contributed by atoms with van der Waals surface area (Å²) >= 11 is 6.98. The molecule has 1 aromatic heterocycles. The molecular formula is C19H17ClN4O3S. The zero-order chi connectivity index (χ0) is 20.1. The van der Waals surface area contributed by atoms with Crippen molar-refractivity contribution in [2.24, 2.45) is 0 Å². The van der Waals surface area contributed by atoms with Gasteiger partial charge in [-0.15, -0.1) is 10.2 Å². The molecule has 3 rings (SSSR count). The van der Waals surface area contributed by atoms with Crippen molar-refractivity contribution < 1.29 is 14.0 Å². The summed E-state index contributed by atoms with van der Waals surface area (Å²) in [5.74, 6) is -0.218. The van der Waals surface area contributed by atoms with Crippen LogP contribution in [0.15, 0.2) is 52.1 Å². The summed E-state index contributed by atoms with van der Waals surface area (Å²) in [6.07, 6.45) is 0. The molecule has 0 bridgehead atoms. The number of hydrogen-bond acceptors (Lipinski definition) is 6. The standard InChI is InChI=1S/C19H17ClN4O3S/c1-11-6-7-15(12(2)8-11)21-18(26)22-16(25)10-28-19-24-23-17(27-19)13-4-3-5-14(20)9-13/h3-9H,10H2,1-2H3,(H2,21,22,25,26). The molecule has 0 aliphatic heterocycles. The Hall–Kier alpha value is -2.84. The summed E-state index contributed by atoms with van der Waals surface area (Å²) in [7, 11) is 0. The van der Waals surface area contributed by atoms with Gasteiger partial charge in [-0.2, -0.15) is 0 Å². The highest BCUT2D eigenvalue weighted by Crippen LogP contribution is 2.25. The summed E-state index contributed by atoms with van der Waals surface area (Å²) in [6.45, 7) is 3.85. The van der Waals surface area contributed by atoms with Crippen LogP contribution in [-0.2, 0) is 4.79 Å². The van der Waals surface area contributed by atoms with E-state index in [1.807, 2.05) is 26.0 Å². The number of amides is 3. The molecule has 3 amide bonds. The number of anilines is 1. The molecule has 0 aliphatic carbocycles. The highest BCUT2D eigenvalue weighted by molar-refractivity contribution is 7.99. The number of halogens is 1. The SMILES string of the molecule is Cc1ccc(NC(=O)NC(=O)CSc2nnc(-c3cccc(Cl)c3)o2)c(C)c1. The van der Waals surface area contributed by atoms with E-state index in [1.54, 1.807) is 30.3 Å². The Bertz CT molecular complexity index is 1020. The molecule has 0 saturated heterocycles. The molecule has 0 fully saturated rings. The van der Waals surface area contributed by atoms with Gasteiger partial charge in [-0.3, -0.25) is 10.1 Å². The first-order valence-corrected chi connectivity index (χ1v) is 9.67. The average molecular weight is 417 g/mol. The number of carbonyl (C=O) groups excluding carboxylic acids is 2. The minimum absolute atomic E-state index is 0.0442. The number of imide groups is 1. The predicted octanol–water partition coefficient (Wildman–Crippen LogP) is 4.45. The van der Waals surface area contributed by atoms with Crippen LogP contribution in [0, 0.1) is 13.8 Å². The molecule has 144 valence electrons. The molecule has 3 aromatic rings. The lowest BCUT2D eigenvalue weighted by Gasteiger charge is -2.09. The quantitative estimate of drug-likeness (QED) is 0.596. The second-order valence-corrected chi connectivity index (χ2v) is 7.36. The van der Waals surface area contributed by atoms with E-state index in [0.29, 0.717) is 22.2 Å². The van der Waals surface area contributed by atoms with Crippen molar-refractivity contribution in [3.8, 4) is 11.5 Å². The van der Waals surface area contributed by atoms with E-state index >= 15 is 0 Å². The van der Waals surface area contributed by atoms with Crippen molar-refractivity contribution in [3.63, 3.8) is 0 Å². The highest BCUT2D eigenvalue weighted by atomic mass is 35.5. The topological polar surface area (TPSA) is 97.1 Å². The molecule has 0 atom stereocenters. The normalized spacial score (nSPS) is 10.5. The second kappa shape index (κ2) is 8.90. The van der Waals surface area contributed by atoms with Crippen LogP contribution in [0.1, 0.15) is 11.1 Å². The van der Waals surface area contributed by atoms with Gasteiger partial charge in [0.25, 0.3) is 5.22 Å². The number of benzene rings is 2. The van der Waals surface area contributed by atoms with Gasteiger partial charge in [-0.1, -0.05) is 47.1 Å². The molecule has 1 heterocycles. The molecule has 0 saturated carbocycles. The molecule has 2 aromatic carbocycles. The van der Waals surface area contributed by atoms with Gasteiger partial charge in [0.05, 0.1) is 5.75 Å². The summed E-state index contributed by atoms with van der Waals surface area (Å²) < 4.78 is 5.50. The lowest BCUT2D eigenvalue weighted by atomic mass is 10.1. The Morgan fingerprint density at radius 2 is 1.96 bits per heavy atom. The van der Waals surface area contributed by atoms with Crippen LogP contribution in [0.3, 0.4) is 0 Å². The van der Waals surface area contributed by atoms with Crippen LogP contribution in [0.25, 0.3) is 11.5 Å². The molecule has 7 nitrogen and oxygen atoms in total. The second-order valence-electron chi connectivity index (χ2n) is 5.99. The monoisotopic (exact) mass is 416 g/mol. The Kier molecular flexibility index (Phi) is 6.33. The van der Waals surface area contributed by atoms with E-state index in [-0.39, 0.29) is 11.0 Å². The fourth-order valence-electron chi connectivity index (χ4n) is 2.40. The van der Waals surface area contributed by atoms with E-state index in [1.165, 1.54) is 0 Å². The lowest BCUT2D eigenvalue weighted by molar-refractivity contribution is -0.117. The largest absolute Gasteiger partial charge is 0.411 e. The Morgan fingerprint density at radius 3 is 2.71 bits per heavy atom.